The summed E-state index contributed by atoms with van der Waals surface area (Å²) >= 11 is 6.53. The summed E-state index contributed by atoms with van der Waals surface area (Å²) in [6, 6.07) is 15.4. The molecule has 0 atom stereocenters. The van der Waals surface area contributed by atoms with Crippen LogP contribution in [0.3, 0.4) is 0 Å². The summed E-state index contributed by atoms with van der Waals surface area (Å²) in [5.74, 6) is 0.212. The minimum absolute atomic E-state index is 0.232. The van der Waals surface area contributed by atoms with Crippen molar-refractivity contribution < 1.29 is 9.53 Å². The minimum Gasteiger partial charge on any atom is -0.383 e. The summed E-state index contributed by atoms with van der Waals surface area (Å²) in [6.45, 7) is 1.34. The van der Waals surface area contributed by atoms with Crippen LogP contribution in [0.25, 0.3) is 11.7 Å². The van der Waals surface area contributed by atoms with E-state index in [0.29, 0.717) is 46.0 Å². The van der Waals surface area contributed by atoms with Crippen LogP contribution in [-0.2, 0) is 16.0 Å². The van der Waals surface area contributed by atoms with Crippen LogP contribution in [0.1, 0.15) is 11.1 Å². The molecule has 0 unspecified atom stereocenters. The number of benzene rings is 1. The Kier molecular flexibility index (Phi) is 6.99. The van der Waals surface area contributed by atoms with E-state index in [1.54, 1.807) is 31.5 Å². The van der Waals surface area contributed by atoms with Gasteiger partial charge in [-0.1, -0.05) is 60.4 Å². The molecule has 7 nitrogen and oxygen atoms in total. The average Bonchev–Trinajstić information content (AvgIpc) is 3.07. The highest BCUT2D eigenvalue weighted by Crippen LogP contribution is 2.32. The number of carbonyl (C=O) groups excluding carboxylic acids is 1. The standard InChI is InChI=1S/C23H22N4O3S2/c1-30-14-13-27-22(29)18(32-23(27)31)15-17-20(24-11-10-16-7-3-2-4-8-16)25-19-9-5-6-12-26(19)21(17)28/h2-9,12,15,24H,10-11,13-14H2,1H3/b18-15-. The third-order valence-corrected chi connectivity index (χ3v) is 6.36. The van der Waals surface area contributed by atoms with Gasteiger partial charge in [0.15, 0.2) is 0 Å². The Hall–Kier alpha value is -3.01. The smallest absolute Gasteiger partial charge is 0.267 e. The van der Waals surface area contributed by atoms with Gasteiger partial charge in [0.25, 0.3) is 11.5 Å². The second-order valence-corrected chi connectivity index (χ2v) is 8.77. The highest BCUT2D eigenvalue weighted by atomic mass is 32.2. The maximum Gasteiger partial charge on any atom is 0.267 e. The van der Waals surface area contributed by atoms with Crippen LogP contribution in [-0.4, -0.2) is 51.3 Å². The van der Waals surface area contributed by atoms with Crippen molar-refractivity contribution in [2.45, 2.75) is 6.42 Å². The maximum atomic E-state index is 13.3. The number of ether oxygens (including phenoxy) is 1. The van der Waals surface area contributed by atoms with Gasteiger partial charge >= 0.3 is 0 Å². The fourth-order valence-corrected chi connectivity index (χ4v) is 4.63. The van der Waals surface area contributed by atoms with Crippen LogP contribution in [0.4, 0.5) is 5.82 Å². The van der Waals surface area contributed by atoms with Crippen molar-refractivity contribution in [3.8, 4) is 0 Å². The van der Waals surface area contributed by atoms with E-state index in [9.17, 15) is 9.59 Å². The number of methoxy groups -OCH3 is 1. The van der Waals surface area contributed by atoms with Crippen molar-refractivity contribution in [1.82, 2.24) is 14.3 Å². The van der Waals surface area contributed by atoms with Crippen molar-refractivity contribution in [1.29, 1.82) is 0 Å². The third kappa shape index (κ3) is 4.74. The molecule has 0 bridgehead atoms. The van der Waals surface area contributed by atoms with Crippen LogP contribution >= 0.6 is 24.0 Å². The van der Waals surface area contributed by atoms with Gasteiger partial charge in [0, 0.05) is 19.9 Å². The molecule has 1 amide bonds. The van der Waals surface area contributed by atoms with Gasteiger partial charge in [-0.2, -0.15) is 0 Å². The lowest BCUT2D eigenvalue weighted by molar-refractivity contribution is -0.122. The molecule has 0 saturated carbocycles. The van der Waals surface area contributed by atoms with Crippen molar-refractivity contribution in [2.75, 3.05) is 32.1 Å². The number of nitrogens with zero attached hydrogens (tertiary/aromatic N) is 3. The molecular formula is C23H22N4O3S2. The van der Waals surface area contributed by atoms with Gasteiger partial charge in [-0.15, -0.1) is 0 Å². The first-order valence-corrected chi connectivity index (χ1v) is 11.3. The summed E-state index contributed by atoms with van der Waals surface area (Å²) in [6.07, 6.45) is 4.03. The minimum atomic E-state index is -0.250. The zero-order valence-electron chi connectivity index (χ0n) is 17.5. The van der Waals surface area contributed by atoms with Gasteiger partial charge < -0.3 is 10.1 Å². The van der Waals surface area contributed by atoms with Crippen LogP contribution in [0.5, 0.6) is 0 Å². The highest BCUT2D eigenvalue weighted by molar-refractivity contribution is 8.26. The summed E-state index contributed by atoms with van der Waals surface area (Å²) in [5.41, 5.74) is 1.79. The second kappa shape index (κ2) is 10.1. The van der Waals surface area contributed by atoms with Crippen molar-refractivity contribution in [2.24, 2.45) is 0 Å². The number of pyridine rings is 1. The first kappa shape index (κ1) is 22.2. The zero-order chi connectivity index (χ0) is 22.5. The molecule has 1 fully saturated rings. The summed E-state index contributed by atoms with van der Waals surface area (Å²) < 4.78 is 6.99. The highest BCUT2D eigenvalue weighted by Gasteiger charge is 2.32. The van der Waals surface area contributed by atoms with Gasteiger partial charge in [0.2, 0.25) is 0 Å². The number of hydrogen-bond acceptors (Lipinski definition) is 7. The molecule has 4 rings (SSSR count). The molecule has 9 heteroatoms. The Morgan fingerprint density at radius 3 is 2.72 bits per heavy atom. The van der Waals surface area contributed by atoms with Crippen LogP contribution in [0.2, 0.25) is 0 Å². The quantitative estimate of drug-likeness (QED) is 0.404. The van der Waals surface area contributed by atoms with E-state index in [-0.39, 0.29) is 11.5 Å². The molecule has 0 aliphatic carbocycles. The van der Waals surface area contributed by atoms with E-state index < -0.39 is 0 Å². The Morgan fingerprint density at radius 1 is 1.16 bits per heavy atom. The molecule has 1 aromatic carbocycles. The van der Waals surface area contributed by atoms with E-state index in [4.69, 9.17) is 17.0 Å². The van der Waals surface area contributed by atoms with E-state index in [2.05, 4.69) is 22.4 Å². The number of rotatable bonds is 8. The summed E-state index contributed by atoms with van der Waals surface area (Å²) in [4.78, 5) is 32.6. The monoisotopic (exact) mass is 466 g/mol. The number of amides is 1. The second-order valence-electron chi connectivity index (χ2n) is 7.10. The van der Waals surface area contributed by atoms with Crippen LogP contribution < -0.4 is 10.9 Å². The molecule has 1 saturated heterocycles. The van der Waals surface area contributed by atoms with Gasteiger partial charge in [-0.25, -0.2) is 4.98 Å². The molecule has 0 radical (unpaired) electrons. The normalized spacial score (nSPS) is 15.2. The lowest BCUT2D eigenvalue weighted by Crippen LogP contribution is -2.31. The summed E-state index contributed by atoms with van der Waals surface area (Å²) in [7, 11) is 1.57. The van der Waals surface area contributed by atoms with Gasteiger partial charge in [-0.3, -0.25) is 18.9 Å². The fourth-order valence-electron chi connectivity index (χ4n) is 3.34. The molecule has 3 heterocycles. The zero-order valence-corrected chi connectivity index (χ0v) is 19.1. The molecular weight excluding hydrogens is 444 g/mol. The van der Waals surface area contributed by atoms with Crippen LogP contribution in [0.15, 0.2) is 64.4 Å². The number of fused-ring (bicyclic) bond motifs is 1. The molecule has 3 aromatic rings. The number of nitrogens with one attached hydrogen (secondary N) is 1. The fraction of sp³-hybridized carbons (Fsp3) is 0.217. The Balaban J connectivity index is 1.67. The Bertz CT molecular complexity index is 1240. The largest absolute Gasteiger partial charge is 0.383 e. The SMILES string of the molecule is COCCN1C(=O)/C(=C/c2c(NCCc3ccccc3)nc3ccccn3c2=O)SC1=S. The summed E-state index contributed by atoms with van der Waals surface area (Å²) in [5, 5.41) is 3.28. The molecule has 164 valence electrons. The lowest BCUT2D eigenvalue weighted by Gasteiger charge is -2.13. The molecule has 1 N–H and O–H groups in total. The Morgan fingerprint density at radius 2 is 1.94 bits per heavy atom. The third-order valence-electron chi connectivity index (χ3n) is 4.99. The molecule has 1 aliphatic heterocycles. The molecule has 2 aromatic heterocycles. The number of aromatic nitrogens is 2. The van der Waals surface area contributed by atoms with Crippen LogP contribution in [0, 0.1) is 0 Å². The van der Waals surface area contributed by atoms with E-state index >= 15 is 0 Å². The van der Waals surface area contributed by atoms with E-state index in [1.165, 1.54) is 26.6 Å². The number of hydrogen-bond donors (Lipinski definition) is 1. The van der Waals surface area contributed by atoms with Gasteiger partial charge in [0.1, 0.15) is 15.8 Å². The van der Waals surface area contributed by atoms with Crippen molar-refractivity contribution in [3.05, 3.63) is 81.1 Å². The van der Waals surface area contributed by atoms with Crippen molar-refractivity contribution in [3.63, 3.8) is 0 Å². The molecule has 0 spiro atoms. The number of carbonyl (C=O) groups is 1. The predicted octanol–water partition coefficient (Wildman–Crippen LogP) is 3.20. The van der Waals surface area contributed by atoms with Gasteiger partial charge in [0.05, 0.1) is 23.6 Å². The maximum absolute atomic E-state index is 13.3. The molecule has 32 heavy (non-hydrogen) atoms. The number of anilines is 1. The predicted molar refractivity (Wildman–Crippen MR) is 132 cm³/mol. The molecule has 1 aliphatic rings. The topological polar surface area (TPSA) is 75.9 Å². The first-order valence-electron chi connectivity index (χ1n) is 10.1. The number of thioether (sulfide) groups is 1. The van der Waals surface area contributed by atoms with E-state index in [0.717, 1.165) is 6.42 Å². The van der Waals surface area contributed by atoms with E-state index in [1.807, 2.05) is 24.3 Å². The first-order chi connectivity index (χ1) is 15.6. The number of thiocarbonyl (C=S) groups is 1. The lowest BCUT2D eigenvalue weighted by atomic mass is 10.1. The van der Waals surface area contributed by atoms with Gasteiger partial charge in [-0.05, 0) is 30.2 Å². The average molecular weight is 467 g/mol. The van der Waals surface area contributed by atoms with Crippen molar-refractivity contribution >= 4 is 51.7 Å². The Labute approximate surface area is 195 Å².